The first-order valence-electron chi connectivity index (χ1n) is 6.38. The van der Waals surface area contributed by atoms with Gasteiger partial charge in [-0.25, -0.2) is 8.78 Å². The zero-order valence-corrected chi connectivity index (χ0v) is 11.7. The van der Waals surface area contributed by atoms with Crippen molar-refractivity contribution in [1.82, 2.24) is 5.32 Å². The van der Waals surface area contributed by atoms with Crippen molar-refractivity contribution in [2.75, 3.05) is 13.2 Å². The largest absolute Gasteiger partial charge is 0.481 e. The highest BCUT2D eigenvalue weighted by Crippen LogP contribution is 2.17. The van der Waals surface area contributed by atoms with Crippen LogP contribution >= 0.6 is 0 Å². The Morgan fingerprint density at radius 3 is 2.52 bits per heavy atom. The number of carboxylic acids is 1. The van der Waals surface area contributed by atoms with Crippen molar-refractivity contribution in [2.24, 2.45) is 11.8 Å². The molecule has 1 aromatic carbocycles. The monoisotopic (exact) mass is 301 g/mol. The summed E-state index contributed by atoms with van der Waals surface area (Å²) in [5.74, 6) is -4.33. The summed E-state index contributed by atoms with van der Waals surface area (Å²) in [4.78, 5) is 22.5. The Morgan fingerprint density at radius 2 is 2.00 bits per heavy atom. The molecule has 0 heterocycles. The smallest absolute Gasteiger partial charge is 0.308 e. The number of benzene rings is 1. The Labute approximate surface area is 120 Å². The van der Waals surface area contributed by atoms with Crippen LogP contribution in [0.3, 0.4) is 0 Å². The van der Waals surface area contributed by atoms with Crippen LogP contribution in [-0.4, -0.2) is 30.1 Å². The van der Waals surface area contributed by atoms with Crippen molar-refractivity contribution in [3.05, 3.63) is 29.8 Å². The Kier molecular flexibility index (Phi) is 6.08. The highest BCUT2D eigenvalue weighted by Gasteiger charge is 2.22. The standard InChI is InChI=1S/C14H17F2NO4/c1-8(2)10(14(19)20)6-17-13(18)7-21-12-4-3-9(15)5-11(12)16/h3-5,8,10H,6-7H2,1-2H3,(H,17,18)(H,19,20). The number of carboxylic acid groups (broad SMARTS) is 1. The lowest BCUT2D eigenvalue weighted by atomic mass is 9.96. The molecule has 0 saturated heterocycles. The summed E-state index contributed by atoms with van der Waals surface area (Å²) in [6.07, 6.45) is 0. The van der Waals surface area contributed by atoms with Crippen molar-refractivity contribution in [3.8, 4) is 5.75 Å². The van der Waals surface area contributed by atoms with E-state index in [9.17, 15) is 18.4 Å². The van der Waals surface area contributed by atoms with Crippen LogP contribution in [0.4, 0.5) is 8.78 Å². The van der Waals surface area contributed by atoms with Gasteiger partial charge in [0.25, 0.3) is 5.91 Å². The molecule has 1 atom stereocenters. The van der Waals surface area contributed by atoms with Gasteiger partial charge in [0.05, 0.1) is 5.92 Å². The molecule has 7 heteroatoms. The summed E-state index contributed by atoms with van der Waals surface area (Å²) in [6.45, 7) is 2.94. The third-order valence-corrected chi connectivity index (χ3v) is 2.89. The van der Waals surface area contributed by atoms with E-state index in [1.165, 1.54) is 0 Å². The van der Waals surface area contributed by atoms with Gasteiger partial charge >= 0.3 is 5.97 Å². The van der Waals surface area contributed by atoms with Crippen LogP contribution < -0.4 is 10.1 Å². The number of carbonyl (C=O) groups is 2. The Morgan fingerprint density at radius 1 is 1.33 bits per heavy atom. The quantitative estimate of drug-likeness (QED) is 0.805. The molecular weight excluding hydrogens is 284 g/mol. The lowest BCUT2D eigenvalue weighted by Crippen LogP contribution is -2.37. The van der Waals surface area contributed by atoms with E-state index in [1.807, 2.05) is 0 Å². The van der Waals surface area contributed by atoms with Crippen LogP contribution in [-0.2, 0) is 9.59 Å². The number of halogens is 2. The summed E-state index contributed by atoms with van der Waals surface area (Å²) < 4.78 is 30.8. The maximum Gasteiger partial charge on any atom is 0.308 e. The molecule has 0 aliphatic heterocycles. The second-order valence-corrected chi connectivity index (χ2v) is 4.86. The third-order valence-electron chi connectivity index (χ3n) is 2.89. The van der Waals surface area contributed by atoms with Gasteiger partial charge in [0.1, 0.15) is 5.82 Å². The summed E-state index contributed by atoms with van der Waals surface area (Å²) >= 11 is 0. The SMILES string of the molecule is CC(C)C(CNC(=O)COc1ccc(F)cc1F)C(=O)O. The summed E-state index contributed by atoms with van der Waals surface area (Å²) in [5.41, 5.74) is 0. The molecule has 0 aromatic heterocycles. The number of ether oxygens (including phenoxy) is 1. The van der Waals surface area contributed by atoms with Crippen LogP contribution in [0.5, 0.6) is 5.75 Å². The van der Waals surface area contributed by atoms with E-state index in [-0.39, 0.29) is 18.2 Å². The van der Waals surface area contributed by atoms with Crippen molar-refractivity contribution in [3.63, 3.8) is 0 Å². The Balaban J connectivity index is 2.45. The highest BCUT2D eigenvalue weighted by atomic mass is 19.1. The molecule has 5 nitrogen and oxygen atoms in total. The van der Waals surface area contributed by atoms with Crippen molar-refractivity contribution in [2.45, 2.75) is 13.8 Å². The van der Waals surface area contributed by atoms with Gasteiger partial charge in [-0.1, -0.05) is 13.8 Å². The first-order chi connectivity index (χ1) is 9.81. The predicted molar refractivity (Wildman–Crippen MR) is 70.8 cm³/mol. The maximum absolute atomic E-state index is 13.3. The number of carbonyl (C=O) groups excluding carboxylic acids is 1. The van der Waals surface area contributed by atoms with Crippen LogP contribution in [0.15, 0.2) is 18.2 Å². The Hall–Kier alpha value is -2.18. The lowest BCUT2D eigenvalue weighted by molar-refractivity contribution is -0.143. The van der Waals surface area contributed by atoms with Gasteiger partial charge < -0.3 is 15.2 Å². The molecule has 116 valence electrons. The number of aliphatic carboxylic acids is 1. The van der Waals surface area contributed by atoms with Crippen molar-refractivity contribution in [1.29, 1.82) is 0 Å². The van der Waals surface area contributed by atoms with Gasteiger partial charge in [-0.2, -0.15) is 0 Å². The molecule has 1 unspecified atom stereocenters. The summed E-state index contributed by atoms with van der Waals surface area (Å²) in [5, 5.41) is 11.4. The van der Waals surface area contributed by atoms with E-state index < -0.39 is 36.0 Å². The highest BCUT2D eigenvalue weighted by molar-refractivity contribution is 5.78. The van der Waals surface area contributed by atoms with Crippen LogP contribution in [0, 0.1) is 23.5 Å². The van der Waals surface area contributed by atoms with Gasteiger partial charge in [-0.05, 0) is 18.1 Å². The maximum atomic E-state index is 13.3. The second kappa shape index (κ2) is 7.56. The molecule has 0 aliphatic carbocycles. The van der Waals surface area contributed by atoms with Crippen molar-refractivity contribution >= 4 is 11.9 Å². The second-order valence-electron chi connectivity index (χ2n) is 4.86. The fraction of sp³-hybridized carbons (Fsp3) is 0.429. The fourth-order valence-corrected chi connectivity index (χ4v) is 1.62. The van der Waals surface area contributed by atoms with Gasteiger partial charge in [0, 0.05) is 12.6 Å². The van der Waals surface area contributed by atoms with Crippen LogP contribution in [0.1, 0.15) is 13.8 Å². The molecule has 0 aliphatic rings. The first kappa shape index (κ1) is 16.9. The minimum atomic E-state index is -1.00. The zero-order chi connectivity index (χ0) is 16.0. The Bertz CT molecular complexity index is 520. The number of hydrogen-bond acceptors (Lipinski definition) is 3. The molecule has 0 fully saturated rings. The lowest BCUT2D eigenvalue weighted by Gasteiger charge is -2.16. The molecule has 1 rings (SSSR count). The number of hydrogen-bond donors (Lipinski definition) is 2. The van der Waals surface area contributed by atoms with Crippen LogP contribution in [0.2, 0.25) is 0 Å². The molecule has 1 aromatic rings. The zero-order valence-electron chi connectivity index (χ0n) is 11.7. The molecule has 1 amide bonds. The van der Waals surface area contributed by atoms with Crippen molar-refractivity contribution < 1.29 is 28.2 Å². The van der Waals surface area contributed by atoms with E-state index in [0.717, 1.165) is 12.1 Å². The molecular formula is C14H17F2NO4. The minimum absolute atomic E-state index is 0.0406. The summed E-state index contributed by atoms with van der Waals surface area (Å²) in [7, 11) is 0. The number of amides is 1. The van der Waals surface area contributed by atoms with E-state index in [0.29, 0.717) is 6.07 Å². The fourth-order valence-electron chi connectivity index (χ4n) is 1.62. The summed E-state index contributed by atoms with van der Waals surface area (Å²) in [6, 6.07) is 2.73. The van der Waals surface area contributed by atoms with Crippen LogP contribution in [0.25, 0.3) is 0 Å². The van der Waals surface area contributed by atoms with E-state index in [2.05, 4.69) is 5.32 Å². The number of nitrogens with one attached hydrogen (secondary N) is 1. The normalized spacial score (nSPS) is 12.0. The first-order valence-corrected chi connectivity index (χ1v) is 6.38. The molecule has 0 bridgehead atoms. The predicted octanol–water partition coefficient (Wildman–Crippen LogP) is 1.82. The van der Waals surface area contributed by atoms with Gasteiger partial charge in [-0.3, -0.25) is 9.59 Å². The van der Waals surface area contributed by atoms with Gasteiger partial charge in [0.15, 0.2) is 18.2 Å². The van der Waals surface area contributed by atoms with E-state index in [1.54, 1.807) is 13.8 Å². The minimum Gasteiger partial charge on any atom is -0.481 e. The van der Waals surface area contributed by atoms with Gasteiger partial charge in [-0.15, -0.1) is 0 Å². The molecule has 0 spiro atoms. The van der Waals surface area contributed by atoms with Gasteiger partial charge in [0.2, 0.25) is 0 Å². The molecule has 2 N–H and O–H groups in total. The molecule has 0 saturated carbocycles. The number of rotatable bonds is 7. The average Bonchev–Trinajstić information content (AvgIpc) is 2.37. The van der Waals surface area contributed by atoms with E-state index in [4.69, 9.17) is 9.84 Å². The third kappa shape index (κ3) is 5.37. The molecule has 21 heavy (non-hydrogen) atoms. The average molecular weight is 301 g/mol. The topological polar surface area (TPSA) is 75.6 Å². The van der Waals surface area contributed by atoms with E-state index >= 15 is 0 Å². The molecule has 0 radical (unpaired) electrons.